The molecule has 0 radical (unpaired) electrons. The van der Waals surface area contributed by atoms with Gasteiger partial charge in [-0.3, -0.25) is 4.79 Å². The van der Waals surface area contributed by atoms with Crippen LogP contribution in [0.15, 0.2) is 65.6 Å². The zero-order valence-corrected chi connectivity index (χ0v) is 17.9. The number of hydrogen-bond donors (Lipinski definition) is 0. The normalized spacial score (nSPS) is 11.3. The van der Waals surface area contributed by atoms with Crippen LogP contribution in [0.2, 0.25) is 0 Å². The number of para-hydroxylation sites is 1. The van der Waals surface area contributed by atoms with Gasteiger partial charge in [0.05, 0.1) is 10.4 Å². The number of ether oxygens (including phenoxy) is 1. The largest absolute Gasteiger partial charge is 0.425 e. The van der Waals surface area contributed by atoms with E-state index in [1.165, 1.54) is 34.3 Å². The number of benzene rings is 3. The first kappa shape index (κ1) is 19.6. The van der Waals surface area contributed by atoms with Crippen LogP contribution in [0.5, 0.6) is 5.75 Å². The Bertz CT molecular complexity index is 1180. The summed E-state index contributed by atoms with van der Waals surface area (Å²) in [7, 11) is 0. The molecule has 4 heteroatoms. The number of carbonyl (C=O) groups excluding carboxylic acids is 1. The lowest BCUT2D eigenvalue weighted by molar-refractivity contribution is -0.132. The second kappa shape index (κ2) is 8.34. The van der Waals surface area contributed by atoms with Gasteiger partial charge in [-0.15, -0.1) is 11.8 Å². The van der Waals surface area contributed by atoms with E-state index in [1.807, 2.05) is 12.3 Å². The zero-order valence-electron chi connectivity index (χ0n) is 17.1. The fourth-order valence-electron chi connectivity index (χ4n) is 4.10. The molecule has 0 saturated carbocycles. The van der Waals surface area contributed by atoms with Crippen molar-refractivity contribution in [2.45, 2.75) is 38.1 Å². The molecule has 0 aliphatic heterocycles. The van der Waals surface area contributed by atoms with Gasteiger partial charge in [0.25, 0.3) is 0 Å². The highest BCUT2D eigenvalue weighted by atomic mass is 32.2. The maximum absolute atomic E-state index is 11.8. The van der Waals surface area contributed by atoms with Gasteiger partial charge in [0, 0.05) is 29.8 Å². The van der Waals surface area contributed by atoms with Gasteiger partial charge in [-0.2, -0.15) is 0 Å². The number of esters is 1. The minimum absolute atomic E-state index is 0.284. The van der Waals surface area contributed by atoms with E-state index < -0.39 is 0 Å². The van der Waals surface area contributed by atoms with Crippen molar-refractivity contribution in [2.75, 3.05) is 6.26 Å². The molecule has 3 nitrogen and oxygen atoms in total. The molecule has 0 aliphatic carbocycles. The van der Waals surface area contributed by atoms with Crippen molar-refractivity contribution in [1.29, 1.82) is 0 Å². The fraction of sp³-hybridized carbons (Fsp3) is 0.240. The molecule has 0 atom stereocenters. The molecular formula is C25H25NO2S. The molecule has 0 aliphatic rings. The van der Waals surface area contributed by atoms with Crippen LogP contribution in [0.3, 0.4) is 0 Å². The molecule has 0 unspecified atom stereocenters. The number of thioether (sulfide) groups is 1. The summed E-state index contributed by atoms with van der Waals surface area (Å²) in [5.74, 6) is 0.380. The van der Waals surface area contributed by atoms with Crippen molar-refractivity contribution in [3.05, 3.63) is 71.8 Å². The van der Waals surface area contributed by atoms with Crippen molar-refractivity contribution in [3.8, 4) is 5.75 Å². The first-order valence-electron chi connectivity index (χ1n) is 9.97. The van der Waals surface area contributed by atoms with Crippen molar-refractivity contribution in [3.63, 3.8) is 0 Å². The van der Waals surface area contributed by atoms with E-state index in [9.17, 15) is 4.79 Å². The van der Waals surface area contributed by atoms with Crippen LogP contribution >= 0.6 is 11.8 Å². The number of nitrogens with zero attached hydrogens (tertiary/aromatic N) is 1. The molecule has 0 spiro atoms. The molecule has 1 heterocycles. The predicted molar refractivity (Wildman–Crippen MR) is 122 cm³/mol. The van der Waals surface area contributed by atoms with Crippen LogP contribution in [0.25, 0.3) is 21.8 Å². The third-order valence-corrected chi connectivity index (χ3v) is 6.00. The van der Waals surface area contributed by atoms with Gasteiger partial charge in [0.1, 0.15) is 5.75 Å². The highest BCUT2D eigenvalue weighted by Gasteiger charge is 2.21. The molecule has 148 valence electrons. The molecule has 1 aromatic heterocycles. The van der Waals surface area contributed by atoms with E-state index in [-0.39, 0.29) is 5.97 Å². The zero-order chi connectivity index (χ0) is 20.4. The van der Waals surface area contributed by atoms with Gasteiger partial charge >= 0.3 is 5.97 Å². The minimum atomic E-state index is -0.284. The van der Waals surface area contributed by atoms with Gasteiger partial charge in [-0.05, 0) is 35.9 Å². The summed E-state index contributed by atoms with van der Waals surface area (Å²) in [5.41, 5.74) is 4.85. The smallest absolute Gasteiger partial charge is 0.308 e. The standard InChI is InChI=1S/C25H25NO2S/c1-4-10-19-15-22(28-17(2)27)25(29-3)24-23(19)20-13-8-9-14-21(20)26(24)16-18-11-6-5-7-12-18/h5-9,11-15H,4,10,16H2,1-3H3. The van der Waals surface area contributed by atoms with Gasteiger partial charge in [-0.1, -0.05) is 61.9 Å². The Morgan fingerprint density at radius 2 is 1.79 bits per heavy atom. The van der Waals surface area contributed by atoms with Crippen LogP contribution in [0.1, 0.15) is 31.4 Å². The van der Waals surface area contributed by atoms with E-state index >= 15 is 0 Å². The first-order valence-corrected chi connectivity index (χ1v) is 11.2. The summed E-state index contributed by atoms with van der Waals surface area (Å²) in [6.07, 6.45) is 4.02. The number of fused-ring (bicyclic) bond motifs is 3. The molecule has 0 fully saturated rings. The molecule has 0 N–H and O–H groups in total. The summed E-state index contributed by atoms with van der Waals surface area (Å²) in [4.78, 5) is 12.8. The molecule has 4 rings (SSSR count). The Labute approximate surface area is 175 Å². The Kier molecular flexibility index (Phi) is 5.63. The van der Waals surface area contributed by atoms with Gasteiger partial charge in [0.15, 0.2) is 0 Å². The summed E-state index contributed by atoms with van der Waals surface area (Å²) >= 11 is 1.64. The average molecular weight is 404 g/mol. The topological polar surface area (TPSA) is 31.2 Å². The summed E-state index contributed by atoms with van der Waals surface area (Å²) in [5, 5.41) is 2.53. The molecule has 4 aromatic rings. The highest BCUT2D eigenvalue weighted by molar-refractivity contribution is 7.99. The van der Waals surface area contributed by atoms with Gasteiger partial charge in [-0.25, -0.2) is 0 Å². The Morgan fingerprint density at radius 1 is 1.07 bits per heavy atom. The maximum atomic E-state index is 11.8. The monoisotopic (exact) mass is 403 g/mol. The number of rotatable bonds is 6. The second-order valence-corrected chi connectivity index (χ2v) is 8.04. The fourth-order valence-corrected chi connectivity index (χ4v) is 4.81. The van der Waals surface area contributed by atoms with E-state index in [4.69, 9.17) is 4.74 Å². The highest BCUT2D eigenvalue weighted by Crippen LogP contribution is 2.43. The Hall–Kier alpha value is -2.72. The van der Waals surface area contributed by atoms with Gasteiger partial charge in [0.2, 0.25) is 0 Å². The number of aryl methyl sites for hydroxylation is 1. The Balaban J connectivity index is 2.10. The van der Waals surface area contributed by atoms with Crippen molar-refractivity contribution in [2.24, 2.45) is 0 Å². The van der Waals surface area contributed by atoms with Crippen LogP contribution in [-0.4, -0.2) is 16.8 Å². The van der Waals surface area contributed by atoms with Crippen LogP contribution in [0.4, 0.5) is 0 Å². The molecule has 3 aromatic carbocycles. The Morgan fingerprint density at radius 3 is 2.48 bits per heavy atom. The third-order valence-electron chi connectivity index (χ3n) is 5.20. The molecule has 0 saturated heterocycles. The molecule has 29 heavy (non-hydrogen) atoms. The van der Waals surface area contributed by atoms with Crippen LogP contribution in [-0.2, 0) is 17.8 Å². The lowest BCUT2D eigenvalue weighted by Crippen LogP contribution is -2.06. The molecule has 0 bridgehead atoms. The van der Waals surface area contributed by atoms with E-state index in [0.717, 1.165) is 29.8 Å². The van der Waals surface area contributed by atoms with Crippen molar-refractivity contribution < 1.29 is 9.53 Å². The van der Waals surface area contributed by atoms with E-state index in [0.29, 0.717) is 5.75 Å². The summed E-state index contributed by atoms with van der Waals surface area (Å²) < 4.78 is 8.03. The van der Waals surface area contributed by atoms with Gasteiger partial charge < -0.3 is 9.30 Å². The van der Waals surface area contributed by atoms with Crippen LogP contribution < -0.4 is 4.74 Å². The maximum Gasteiger partial charge on any atom is 0.308 e. The number of aromatic nitrogens is 1. The van der Waals surface area contributed by atoms with E-state index in [2.05, 4.69) is 66.1 Å². The average Bonchev–Trinajstić information content (AvgIpc) is 3.03. The number of hydrogen-bond acceptors (Lipinski definition) is 3. The first-order chi connectivity index (χ1) is 14.1. The quantitative estimate of drug-likeness (QED) is 0.211. The SMILES string of the molecule is CCCc1cc(OC(C)=O)c(SC)c2c1c1ccccc1n2Cc1ccccc1. The third kappa shape index (κ3) is 3.65. The summed E-state index contributed by atoms with van der Waals surface area (Å²) in [6.45, 7) is 4.42. The lowest BCUT2D eigenvalue weighted by atomic mass is 10.0. The van der Waals surface area contributed by atoms with Crippen molar-refractivity contribution in [1.82, 2.24) is 4.57 Å². The van der Waals surface area contributed by atoms with Crippen LogP contribution in [0, 0.1) is 0 Å². The van der Waals surface area contributed by atoms with E-state index in [1.54, 1.807) is 11.8 Å². The molecule has 0 amide bonds. The molecular weight excluding hydrogens is 378 g/mol. The minimum Gasteiger partial charge on any atom is -0.425 e. The van der Waals surface area contributed by atoms with Crippen molar-refractivity contribution >= 4 is 39.5 Å². The predicted octanol–water partition coefficient (Wildman–Crippen LogP) is 6.44. The second-order valence-electron chi connectivity index (χ2n) is 7.22. The lowest BCUT2D eigenvalue weighted by Gasteiger charge is -2.15. The summed E-state index contributed by atoms with van der Waals surface area (Å²) in [6, 6.07) is 21.1. The number of carbonyl (C=O) groups is 1.